The Balaban J connectivity index is 2.23. The Bertz CT molecular complexity index is 643. The van der Waals surface area contributed by atoms with Gasteiger partial charge in [-0.15, -0.1) is 11.8 Å². The standard InChI is InChI=1S/C14H11NO4S/c16-14(17)12-8-11(15(18)19)6-7-13(12)20-9-10-4-2-1-3-5-10/h1-8H,9H2,(H,16,17). The summed E-state index contributed by atoms with van der Waals surface area (Å²) in [5.41, 5.74) is 0.804. The van der Waals surface area contributed by atoms with Gasteiger partial charge in [0.05, 0.1) is 10.5 Å². The topological polar surface area (TPSA) is 80.4 Å². The molecule has 0 heterocycles. The van der Waals surface area contributed by atoms with Crippen molar-refractivity contribution in [2.75, 3.05) is 0 Å². The number of hydrogen-bond acceptors (Lipinski definition) is 4. The van der Waals surface area contributed by atoms with Gasteiger partial charge in [0.1, 0.15) is 0 Å². The molecule has 2 rings (SSSR count). The fourth-order valence-electron chi connectivity index (χ4n) is 1.66. The zero-order valence-electron chi connectivity index (χ0n) is 10.4. The molecule has 102 valence electrons. The van der Waals surface area contributed by atoms with Crippen LogP contribution < -0.4 is 0 Å². The van der Waals surface area contributed by atoms with E-state index in [0.717, 1.165) is 11.6 Å². The largest absolute Gasteiger partial charge is 0.478 e. The van der Waals surface area contributed by atoms with Gasteiger partial charge in [0, 0.05) is 22.8 Å². The molecule has 0 saturated carbocycles. The van der Waals surface area contributed by atoms with Crippen molar-refractivity contribution in [1.29, 1.82) is 0 Å². The molecule has 0 aliphatic heterocycles. The smallest absolute Gasteiger partial charge is 0.337 e. The van der Waals surface area contributed by atoms with Crippen LogP contribution in [0.2, 0.25) is 0 Å². The molecular formula is C14H11NO4S. The van der Waals surface area contributed by atoms with Crippen LogP contribution in [0.3, 0.4) is 0 Å². The number of nitro groups is 1. The average molecular weight is 289 g/mol. The van der Waals surface area contributed by atoms with Crippen LogP contribution >= 0.6 is 11.8 Å². The summed E-state index contributed by atoms with van der Waals surface area (Å²) >= 11 is 1.35. The minimum Gasteiger partial charge on any atom is -0.478 e. The molecule has 0 radical (unpaired) electrons. The monoisotopic (exact) mass is 289 g/mol. The van der Waals surface area contributed by atoms with Crippen molar-refractivity contribution in [2.45, 2.75) is 10.6 Å². The zero-order valence-corrected chi connectivity index (χ0v) is 11.2. The lowest BCUT2D eigenvalue weighted by Gasteiger charge is -2.06. The average Bonchev–Trinajstić information content (AvgIpc) is 2.45. The van der Waals surface area contributed by atoms with Gasteiger partial charge in [0.2, 0.25) is 0 Å². The number of carbonyl (C=O) groups is 1. The molecule has 0 aromatic heterocycles. The van der Waals surface area contributed by atoms with Crippen LogP contribution in [0.4, 0.5) is 5.69 Å². The second-order valence-corrected chi connectivity index (χ2v) is 5.03. The summed E-state index contributed by atoms with van der Waals surface area (Å²) in [6.45, 7) is 0. The van der Waals surface area contributed by atoms with Gasteiger partial charge in [0.25, 0.3) is 5.69 Å². The third kappa shape index (κ3) is 3.36. The number of rotatable bonds is 5. The van der Waals surface area contributed by atoms with Crippen LogP contribution in [0.15, 0.2) is 53.4 Å². The first kappa shape index (κ1) is 14.1. The molecule has 2 aromatic rings. The van der Waals surface area contributed by atoms with Gasteiger partial charge >= 0.3 is 5.97 Å². The van der Waals surface area contributed by atoms with Gasteiger partial charge in [-0.25, -0.2) is 4.79 Å². The summed E-state index contributed by atoms with van der Waals surface area (Å²) in [5, 5.41) is 19.8. The van der Waals surface area contributed by atoms with Crippen molar-refractivity contribution in [3.63, 3.8) is 0 Å². The molecule has 1 N–H and O–H groups in total. The Kier molecular flexibility index (Phi) is 4.37. The molecule has 0 bridgehead atoms. The lowest BCUT2D eigenvalue weighted by molar-refractivity contribution is -0.384. The van der Waals surface area contributed by atoms with E-state index in [1.165, 1.54) is 23.9 Å². The molecule has 2 aromatic carbocycles. The lowest BCUT2D eigenvalue weighted by Crippen LogP contribution is -2.00. The quantitative estimate of drug-likeness (QED) is 0.517. The van der Waals surface area contributed by atoms with Gasteiger partial charge in [-0.2, -0.15) is 0 Å². The molecule has 0 spiro atoms. The van der Waals surface area contributed by atoms with E-state index in [2.05, 4.69) is 0 Å². The molecule has 0 aliphatic carbocycles. The number of nitro benzene ring substituents is 1. The van der Waals surface area contributed by atoms with Gasteiger partial charge in [-0.1, -0.05) is 30.3 Å². The minimum absolute atomic E-state index is 0.0415. The van der Waals surface area contributed by atoms with Crippen LogP contribution in [0.5, 0.6) is 0 Å². The third-order valence-electron chi connectivity index (χ3n) is 2.64. The number of carboxylic acids is 1. The first-order valence-electron chi connectivity index (χ1n) is 5.76. The fraction of sp³-hybridized carbons (Fsp3) is 0.0714. The number of benzene rings is 2. The molecule has 0 atom stereocenters. The Hall–Kier alpha value is -2.34. The van der Waals surface area contributed by atoms with E-state index in [1.54, 1.807) is 0 Å². The molecule has 20 heavy (non-hydrogen) atoms. The Morgan fingerprint density at radius 3 is 2.50 bits per heavy atom. The molecule has 6 heteroatoms. The van der Waals surface area contributed by atoms with Crippen LogP contribution in [0, 0.1) is 10.1 Å². The number of non-ortho nitro benzene ring substituents is 1. The number of thioether (sulfide) groups is 1. The summed E-state index contributed by atoms with van der Waals surface area (Å²) in [7, 11) is 0. The van der Waals surface area contributed by atoms with E-state index in [1.807, 2.05) is 30.3 Å². The second-order valence-electron chi connectivity index (χ2n) is 4.02. The lowest BCUT2D eigenvalue weighted by atomic mass is 10.2. The van der Waals surface area contributed by atoms with E-state index in [-0.39, 0.29) is 11.3 Å². The number of carboxylic acid groups (broad SMARTS) is 1. The fourth-order valence-corrected chi connectivity index (χ4v) is 2.64. The molecular weight excluding hydrogens is 278 g/mol. The van der Waals surface area contributed by atoms with Gasteiger partial charge in [-0.05, 0) is 11.6 Å². The zero-order chi connectivity index (χ0) is 14.5. The van der Waals surface area contributed by atoms with Crippen molar-refractivity contribution in [1.82, 2.24) is 0 Å². The highest BCUT2D eigenvalue weighted by atomic mass is 32.2. The molecule has 0 saturated heterocycles. The number of aromatic carboxylic acids is 1. The van der Waals surface area contributed by atoms with E-state index in [9.17, 15) is 14.9 Å². The minimum atomic E-state index is -1.16. The van der Waals surface area contributed by atoms with E-state index in [0.29, 0.717) is 10.6 Å². The highest BCUT2D eigenvalue weighted by Gasteiger charge is 2.16. The Labute approximate surface area is 119 Å². The van der Waals surface area contributed by atoms with Crippen LogP contribution in [0.25, 0.3) is 0 Å². The summed E-state index contributed by atoms with van der Waals surface area (Å²) in [6.07, 6.45) is 0. The normalized spacial score (nSPS) is 10.2. The SMILES string of the molecule is O=C(O)c1cc([N+](=O)[O-])ccc1SCc1ccccc1. The van der Waals surface area contributed by atoms with E-state index in [4.69, 9.17) is 5.11 Å². The highest BCUT2D eigenvalue weighted by molar-refractivity contribution is 7.98. The van der Waals surface area contributed by atoms with Gasteiger partial charge in [0.15, 0.2) is 0 Å². The van der Waals surface area contributed by atoms with Gasteiger partial charge < -0.3 is 5.11 Å². The highest BCUT2D eigenvalue weighted by Crippen LogP contribution is 2.29. The van der Waals surface area contributed by atoms with Crippen molar-refractivity contribution < 1.29 is 14.8 Å². The van der Waals surface area contributed by atoms with Crippen molar-refractivity contribution in [3.8, 4) is 0 Å². The molecule has 0 unspecified atom stereocenters. The van der Waals surface area contributed by atoms with Crippen molar-refractivity contribution >= 4 is 23.4 Å². The van der Waals surface area contributed by atoms with Gasteiger partial charge in [-0.3, -0.25) is 10.1 Å². The second kappa shape index (κ2) is 6.21. The summed E-state index contributed by atoms with van der Waals surface area (Å²) in [4.78, 5) is 21.8. The number of hydrogen-bond donors (Lipinski definition) is 1. The van der Waals surface area contributed by atoms with Crippen molar-refractivity contribution in [3.05, 3.63) is 69.8 Å². The Morgan fingerprint density at radius 2 is 1.90 bits per heavy atom. The van der Waals surface area contributed by atoms with E-state index >= 15 is 0 Å². The van der Waals surface area contributed by atoms with Crippen LogP contribution in [-0.2, 0) is 5.75 Å². The maximum Gasteiger partial charge on any atom is 0.337 e. The summed E-state index contributed by atoms with van der Waals surface area (Å²) in [6, 6.07) is 13.5. The number of nitrogens with zero attached hydrogens (tertiary/aromatic N) is 1. The molecule has 5 nitrogen and oxygen atoms in total. The summed E-state index contributed by atoms with van der Waals surface area (Å²) < 4.78 is 0. The third-order valence-corrected chi connectivity index (χ3v) is 3.79. The van der Waals surface area contributed by atoms with Crippen LogP contribution in [-0.4, -0.2) is 16.0 Å². The van der Waals surface area contributed by atoms with E-state index < -0.39 is 10.9 Å². The molecule has 0 aliphatic rings. The molecule has 0 fully saturated rings. The van der Waals surface area contributed by atoms with Crippen LogP contribution in [0.1, 0.15) is 15.9 Å². The maximum absolute atomic E-state index is 11.2. The Morgan fingerprint density at radius 1 is 1.20 bits per heavy atom. The maximum atomic E-state index is 11.2. The first-order chi connectivity index (χ1) is 9.58. The van der Waals surface area contributed by atoms with Crippen molar-refractivity contribution in [2.24, 2.45) is 0 Å². The predicted molar refractivity (Wildman–Crippen MR) is 76.1 cm³/mol. The molecule has 0 amide bonds. The first-order valence-corrected chi connectivity index (χ1v) is 6.75. The summed E-state index contributed by atoms with van der Waals surface area (Å²) in [5.74, 6) is -0.553. The predicted octanol–water partition coefficient (Wildman–Crippen LogP) is 3.59.